The van der Waals surface area contributed by atoms with Crippen LogP contribution in [0.2, 0.25) is 5.02 Å². The quantitative estimate of drug-likeness (QED) is 0.712. The summed E-state index contributed by atoms with van der Waals surface area (Å²) in [4.78, 5) is 46.0. The molecule has 0 N–H and O–H groups in total. The third kappa shape index (κ3) is 3.93. The van der Waals surface area contributed by atoms with Gasteiger partial charge in [-0.15, -0.1) is 0 Å². The molecule has 2 aliphatic heterocycles. The molecule has 0 bridgehead atoms. The summed E-state index contributed by atoms with van der Waals surface area (Å²) in [5.41, 5.74) is 0.637. The number of anilines is 1. The van der Waals surface area contributed by atoms with E-state index in [0.29, 0.717) is 43.2 Å². The van der Waals surface area contributed by atoms with Crippen LogP contribution >= 0.6 is 11.6 Å². The first-order chi connectivity index (χ1) is 15.3. The predicted octanol–water partition coefficient (Wildman–Crippen LogP) is 2.71. The van der Waals surface area contributed by atoms with E-state index in [2.05, 4.69) is 4.90 Å². The van der Waals surface area contributed by atoms with Crippen molar-refractivity contribution in [2.24, 2.45) is 0 Å². The molecule has 0 atom stereocenters. The van der Waals surface area contributed by atoms with E-state index in [1.54, 1.807) is 48.2 Å². The first kappa shape index (κ1) is 22.1. The second-order valence-electron chi connectivity index (χ2n) is 8.50. The van der Waals surface area contributed by atoms with Crippen LogP contribution in [0.1, 0.15) is 23.2 Å². The fraction of sp³-hybridized carbons (Fsp3) is 0.375. The first-order valence-electron chi connectivity index (χ1n) is 10.7. The number of nitrogens with zero attached hydrogens (tertiary/aromatic N) is 4. The van der Waals surface area contributed by atoms with Crippen molar-refractivity contribution < 1.29 is 14.4 Å². The maximum atomic E-state index is 13.6. The molecular formula is C24H27ClN4O3. The molecule has 7 nitrogen and oxygen atoms in total. The van der Waals surface area contributed by atoms with Gasteiger partial charge in [-0.3, -0.25) is 14.4 Å². The highest BCUT2D eigenvalue weighted by Gasteiger charge is 2.54. The summed E-state index contributed by atoms with van der Waals surface area (Å²) in [5, 5.41) is 0.425. The lowest BCUT2D eigenvalue weighted by Crippen LogP contribution is -2.57. The Morgan fingerprint density at radius 2 is 1.62 bits per heavy atom. The van der Waals surface area contributed by atoms with Gasteiger partial charge < -0.3 is 19.6 Å². The van der Waals surface area contributed by atoms with Gasteiger partial charge in [0.1, 0.15) is 12.1 Å². The minimum atomic E-state index is -0.773. The second kappa shape index (κ2) is 8.82. The Bertz CT molecular complexity index is 1020. The van der Waals surface area contributed by atoms with Gasteiger partial charge in [0.25, 0.3) is 11.8 Å². The van der Waals surface area contributed by atoms with Crippen LogP contribution in [-0.4, -0.2) is 78.4 Å². The molecule has 3 amide bonds. The first-order valence-corrected chi connectivity index (χ1v) is 11.1. The number of benzene rings is 2. The number of carbonyl (C=O) groups is 3. The van der Waals surface area contributed by atoms with Gasteiger partial charge >= 0.3 is 0 Å². The fourth-order valence-corrected chi connectivity index (χ4v) is 4.73. The molecule has 0 aromatic heterocycles. The Hall–Kier alpha value is -3.06. The lowest BCUT2D eigenvalue weighted by molar-refractivity contribution is -0.139. The number of para-hydroxylation sites is 1. The minimum absolute atomic E-state index is 0.0409. The molecule has 2 aliphatic rings. The van der Waals surface area contributed by atoms with E-state index in [1.165, 1.54) is 4.90 Å². The minimum Gasteiger partial charge on any atom is -0.347 e. The average Bonchev–Trinajstić information content (AvgIpc) is 3.06. The van der Waals surface area contributed by atoms with Gasteiger partial charge in [-0.1, -0.05) is 41.9 Å². The van der Waals surface area contributed by atoms with Crippen molar-refractivity contribution in [3.63, 3.8) is 0 Å². The Morgan fingerprint density at radius 3 is 2.25 bits per heavy atom. The van der Waals surface area contributed by atoms with E-state index in [1.807, 2.05) is 30.3 Å². The molecule has 2 fully saturated rings. The van der Waals surface area contributed by atoms with Crippen molar-refractivity contribution in [1.82, 2.24) is 14.7 Å². The largest absolute Gasteiger partial charge is 0.347 e. The van der Waals surface area contributed by atoms with Crippen molar-refractivity contribution in [1.29, 1.82) is 0 Å². The van der Waals surface area contributed by atoms with Crippen molar-refractivity contribution in [3.8, 4) is 0 Å². The van der Waals surface area contributed by atoms with Crippen LogP contribution in [0.15, 0.2) is 54.6 Å². The van der Waals surface area contributed by atoms with Gasteiger partial charge in [0.05, 0.1) is 17.3 Å². The summed E-state index contributed by atoms with van der Waals surface area (Å²) in [6, 6.07) is 16.8. The highest BCUT2D eigenvalue weighted by Crippen LogP contribution is 2.39. The SMILES string of the molecule is CN(C)C(=O)CN1CN(c2ccccc2)C2(CCN(C(=O)c3ccccc3Cl)CC2)C1=O. The fourth-order valence-electron chi connectivity index (χ4n) is 4.51. The zero-order valence-corrected chi connectivity index (χ0v) is 19.1. The normalized spacial score (nSPS) is 17.7. The van der Waals surface area contributed by atoms with E-state index in [-0.39, 0.29) is 24.3 Å². The van der Waals surface area contributed by atoms with Crippen molar-refractivity contribution >= 4 is 35.0 Å². The molecule has 2 aromatic rings. The lowest BCUT2D eigenvalue weighted by atomic mass is 9.85. The molecule has 168 valence electrons. The smallest absolute Gasteiger partial charge is 0.255 e. The molecule has 2 saturated heterocycles. The Labute approximate surface area is 193 Å². The zero-order valence-electron chi connectivity index (χ0n) is 18.3. The van der Waals surface area contributed by atoms with Gasteiger partial charge in [0, 0.05) is 32.9 Å². The average molecular weight is 455 g/mol. The Morgan fingerprint density at radius 1 is 1.00 bits per heavy atom. The third-order valence-corrected chi connectivity index (χ3v) is 6.72. The topological polar surface area (TPSA) is 64.2 Å². The molecule has 4 rings (SSSR count). The van der Waals surface area contributed by atoms with Crippen LogP contribution < -0.4 is 4.90 Å². The highest BCUT2D eigenvalue weighted by molar-refractivity contribution is 6.33. The van der Waals surface area contributed by atoms with Crippen molar-refractivity contribution in [3.05, 3.63) is 65.2 Å². The molecule has 0 unspecified atom stereocenters. The van der Waals surface area contributed by atoms with Crippen LogP contribution in [-0.2, 0) is 9.59 Å². The summed E-state index contributed by atoms with van der Waals surface area (Å²) in [6.07, 6.45) is 0.979. The third-order valence-electron chi connectivity index (χ3n) is 6.39. The number of likely N-dealkylation sites (N-methyl/N-ethyl adjacent to an activating group) is 1. The van der Waals surface area contributed by atoms with Gasteiger partial charge in [-0.25, -0.2) is 0 Å². The molecule has 2 aromatic carbocycles. The van der Waals surface area contributed by atoms with E-state index < -0.39 is 5.54 Å². The summed E-state index contributed by atoms with van der Waals surface area (Å²) in [5.74, 6) is -0.294. The van der Waals surface area contributed by atoms with E-state index in [4.69, 9.17) is 11.6 Å². The number of amides is 3. The van der Waals surface area contributed by atoms with E-state index in [0.717, 1.165) is 5.69 Å². The molecular weight excluding hydrogens is 428 g/mol. The number of likely N-dealkylation sites (tertiary alicyclic amines) is 1. The van der Waals surface area contributed by atoms with Gasteiger partial charge in [0.15, 0.2) is 0 Å². The van der Waals surface area contributed by atoms with Crippen molar-refractivity contribution in [2.75, 3.05) is 45.3 Å². The second-order valence-corrected chi connectivity index (χ2v) is 8.91. The molecule has 0 aliphatic carbocycles. The zero-order chi connectivity index (χ0) is 22.9. The number of piperidine rings is 1. The highest BCUT2D eigenvalue weighted by atomic mass is 35.5. The van der Waals surface area contributed by atoms with E-state index in [9.17, 15) is 14.4 Å². The number of hydrogen-bond acceptors (Lipinski definition) is 4. The van der Waals surface area contributed by atoms with Crippen LogP contribution in [0.3, 0.4) is 0 Å². The number of halogens is 1. The molecule has 0 radical (unpaired) electrons. The summed E-state index contributed by atoms with van der Waals surface area (Å²) >= 11 is 6.23. The Balaban J connectivity index is 1.58. The molecule has 1 spiro atoms. The van der Waals surface area contributed by atoms with Gasteiger partial charge in [0.2, 0.25) is 5.91 Å². The maximum Gasteiger partial charge on any atom is 0.255 e. The lowest BCUT2D eigenvalue weighted by Gasteiger charge is -2.43. The molecule has 32 heavy (non-hydrogen) atoms. The maximum absolute atomic E-state index is 13.6. The summed E-state index contributed by atoms with van der Waals surface area (Å²) in [6.45, 7) is 1.27. The van der Waals surface area contributed by atoms with Crippen LogP contribution in [0.4, 0.5) is 5.69 Å². The number of rotatable bonds is 4. The Kier molecular flexibility index (Phi) is 6.11. The predicted molar refractivity (Wildman–Crippen MR) is 124 cm³/mol. The van der Waals surface area contributed by atoms with Gasteiger partial charge in [-0.05, 0) is 37.1 Å². The molecule has 8 heteroatoms. The number of carbonyl (C=O) groups excluding carboxylic acids is 3. The summed E-state index contributed by atoms with van der Waals surface area (Å²) < 4.78 is 0. The molecule has 2 heterocycles. The standard InChI is InChI=1S/C24H27ClN4O3/c1-26(2)21(30)16-28-17-29(18-8-4-3-5-9-18)24(23(28)32)12-14-27(15-13-24)22(31)19-10-6-7-11-20(19)25/h3-11H,12-17H2,1-2H3. The summed E-state index contributed by atoms with van der Waals surface area (Å²) in [7, 11) is 3.37. The van der Waals surface area contributed by atoms with Gasteiger partial charge in [-0.2, -0.15) is 0 Å². The van der Waals surface area contributed by atoms with Crippen LogP contribution in [0, 0.1) is 0 Å². The van der Waals surface area contributed by atoms with E-state index >= 15 is 0 Å². The van der Waals surface area contributed by atoms with Crippen LogP contribution in [0.25, 0.3) is 0 Å². The van der Waals surface area contributed by atoms with Crippen molar-refractivity contribution in [2.45, 2.75) is 18.4 Å². The monoisotopic (exact) mass is 454 g/mol. The molecule has 0 saturated carbocycles. The van der Waals surface area contributed by atoms with Crippen LogP contribution in [0.5, 0.6) is 0 Å². The number of hydrogen-bond donors (Lipinski definition) is 0.